The van der Waals surface area contributed by atoms with Crippen LogP contribution >= 0.6 is 0 Å². The molecule has 88 heavy (non-hydrogen) atoms. The molecule has 0 saturated carbocycles. The van der Waals surface area contributed by atoms with Crippen LogP contribution in [0.5, 0.6) is 0 Å². The van der Waals surface area contributed by atoms with Crippen molar-refractivity contribution in [3.8, 4) is 39.1 Å². The number of para-hydroxylation sites is 2. The molecule has 20 rings (SSSR count). The van der Waals surface area contributed by atoms with Gasteiger partial charge in [0.1, 0.15) is 11.3 Å². The Morgan fingerprint density at radius 1 is 0.398 bits per heavy atom. The van der Waals surface area contributed by atoms with E-state index in [4.69, 9.17) is 0 Å². The van der Waals surface area contributed by atoms with Gasteiger partial charge in [0, 0.05) is 22.9 Å². The van der Waals surface area contributed by atoms with Crippen LogP contribution in [0.3, 0.4) is 0 Å². The lowest BCUT2D eigenvalue weighted by Gasteiger charge is -2.58. The van der Waals surface area contributed by atoms with Crippen molar-refractivity contribution in [3.63, 3.8) is 0 Å². The zero-order chi connectivity index (χ0) is 57.9. The smallest absolute Gasteiger partial charge is 0.251 e. The first-order valence-electron chi connectivity index (χ1n) is 31.8. The summed E-state index contributed by atoms with van der Waals surface area (Å²) in [5.41, 5.74) is 36.7. The molecule has 3 atom stereocenters. The number of nitrogens with zero attached hydrogens (tertiary/aromatic N) is 3. The van der Waals surface area contributed by atoms with Gasteiger partial charge in [-0.25, -0.2) is 0 Å². The van der Waals surface area contributed by atoms with Gasteiger partial charge in [0.2, 0.25) is 0 Å². The molecule has 3 nitrogen and oxygen atoms in total. The van der Waals surface area contributed by atoms with E-state index in [1.54, 1.807) is 0 Å². The monoisotopic (exact) mass is 1120 g/mol. The van der Waals surface area contributed by atoms with Gasteiger partial charge in [-0.3, -0.25) is 13.4 Å². The molecule has 3 aromatic heterocycles. The number of fused-ring (bicyclic) bond motifs is 16. The van der Waals surface area contributed by atoms with Gasteiger partial charge in [-0.15, -0.1) is 0 Å². The summed E-state index contributed by atoms with van der Waals surface area (Å²) >= 11 is 0. The third-order valence-electron chi connectivity index (χ3n) is 21.6. The Labute approximate surface area is 513 Å². The molecule has 2 aliphatic heterocycles. The Kier molecular flexibility index (Phi) is 9.79. The van der Waals surface area contributed by atoms with Crippen molar-refractivity contribution in [2.24, 2.45) is 0 Å². The number of hydrogen-bond donors (Lipinski definition) is 0. The second-order valence-corrected chi connectivity index (χ2v) is 26.8. The lowest BCUT2D eigenvalue weighted by atomic mass is 9.29. The summed E-state index contributed by atoms with van der Waals surface area (Å²) in [7, 11) is 0. The Morgan fingerprint density at radius 3 is 1.30 bits per heavy atom. The number of allylic oxidation sites excluding steroid dienone is 4. The second kappa shape index (κ2) is 17.5. The quantitative estimate of drug-likeness (QED) is 0.147. The zero-order valence-electron chi connectivity index (χ0n) is 49.5. The Hall–Kier alpha value is -10.1. The molecule has 0 bridgehead atoms. The molecule has 0 amide bonds. The molecule has 5 heterocycles. The lowest BCUT2D eigenvalue weighted by Crippen LogP contribution is -2.64. The minimum absolute atomic E-state index is 0.0957. The number of benzene rings is 11. The van der Waals surface area contributed by atoms with Crippen molar-refractivity contribution < 1.29 is 0 Å². The zero-order valence-corrected chi connectivity index (χ0v) is 49.5. The summed E-state index contributed by atoms with van der Waals surface area (Å²) < 4.78 is 8.33. The number of hydrogen-bond acceptors (Lipinski definition) is 0. The highest BCUT2D eigenvalue weighted by atomic mass is 15.2. The van der Waals surface area contributed by atoms with Crippen LogP contribution < -0.4 is 32.8 Å². The molecular formula is C83H59B2N3. The van der Waals surface area contributed by atoms with Crippen LogP contribution in [0.2, 0.25) is 0 Å². The molecule has 0 fully saturated rings. The van der Waals surface area contributed by atoms with E-state index in [-0.39, 0.29) is 36.1 Å². The minimum Gasteiger partial charge on any atom is -0.294 e. The Balaban J connectivity index is 1.05. The van der Waals surface area contributed by atoms with E-state index < -0.39 is 0 Å². The Morgan fingerprint density at radius 2 is 0.830 bits per heavy atom. The average Bonchev–Trinajstić information content (AvgIpc) is 1.41. The maximum atomic E-state index is 2.82. The highest BCUT2D eigenvalue weighted by Gasteiger charge is 2.69. The molecule has 11 aromatic carbocycles. The van der Waals surface area contributed by atoms with Crippen LogP contribution in [-0.4, -0.2) is 26.8 Å². The van der Waals surface area contributed by atoms with Crippen LogP contribution in [0.15, 0.2) is 267 Å². The van der Waals surface area contributed by atoms with Crippen molar-refractivity contribution in [1.29, 1.82) is 0 Å². The van der Waals surface area contributed by atoms with Gasteiger partial charge < -0.3 is 0 Å². The highest BCUT2D eigenvalue weighted by molar-refractivity contribution is 7.04. The van der Waals surface area contributed by atoms with Gasteiger partial charge in [0.15, 0.2) is 0 Å². The molecule has 0 N–H and O–H groups in total. The highest BCUT2D eigenvalue weighted by Crippen LogP contribution is 2.77. The van der Waals surface area contributed by atoms with E-state index in [1.165, 1.54) is 166 Å². The molecule has 1 spiro atoms. The molecular weight excluding hydrogens is 1060 g/mol. The third kappa shape index (κ3) is 6.12. The maximum Gasteiger partial charge on any atom is 0.251 e. The van der Waals surface area contributed by atoms with E-state index in [2.05, 4.69) is 301 Å². The summed E-state index contributed by atoms with van der Waals surface area (Å²) in [5.74, 6) is 0.492. The van der Waals surface area contributed by atoms with Gasteiger partial charge in [-0.2, -0.15) is 0 Å². The van der Waals surface area contributed by atoms with Crippen molar-refractivity contribution >= 4 is 95.9 Å². The van der Waals surface area contributed by atoms with E-state index in [9.17, 15) is 0 Å². The van der Waals surface area contributed by atoms with Gasteiger partial charge in [0.05, 0.1) is 22.1 Å². The summed E-state index contributed by atoms with van der Waals surface area (Å²) in [5, 5.41) is 2.57. The first-order valence-corrected chi connectivity index (χ1v) is 31.8. The van der Waals surface area contributed by atoms with E-state index in [1.807, 2.05) is 0 Å². The van der Waals surface area contributed by atoms with Crippen LogP contribution in [-0.2, 0) is 10.8 Å². The van der Waals surface area contributed by atoms with Gasteiger partial charge >= 0.3 is 0 Å². The number of aromatic nitrogens is 3. The van der Waals surface area contributed by atoms with Crippen molar-refractivity contribution in [2.45, 2.75) is 56.3 Å². The fourth-order valence-corrected chi connectivity index (χ4v) is 18.3. The van der Waals surface area contributed by atoms with Gasteiger partial charge in [0.25, 0.3) is 13.4 Å². The predicted molar refractivity (Wildman–Crippen MR) is 370 cm³/mol. The first-order chi connectivity index (χ1) is 43.4. The van der Waals surface area contributed by atoms with Crippen molar-refractivity contribution in [1.82, 2.24) is 13.4 Å². The summed E-state index contributed by atoms with van der Waals surface area (Å²) in [6.07, 6.45) is 9.36. The van der Waals surface area contributed by atoms with Crippen LogP contribution in [0, 0.1) is 0 Å². The van der Waals surface area contributed by atoms with Crippen LogP contribution in [0.25, 0.3) is 88.8 Å². The molecule has 14 aromatic rings. The van der Waals surface area contributed by atoms with Crippen LogP contribution in [0.1, 0.15) is 90.0 Å². The molecule has 0 saturated heterocycles. The SMILES string of the molecule is CC(C)(C)c1cc2c3c(c1)B(c1c(-c4ccccc4)cccc1-c1ccccc1)c1c4ccccc4n4c5cc6c(cc5n5c7ccccc7c(c5n-3c14)B2c1c(C2=CCCC=C2)cccc1-c1ccccc1)C1c2ccccc2C12c1ccccc1C62. The maximum absolute atomic E-state index is 2.82. The Bertz CT molecular complexity index is 5460. The first kappa shape index (κ1) is 49.1. The standard InChI is InChI=1S/C83H59B2N3/c1-82(2,3)54-46-67-79-68(47-54)85(76-57(52-30-12-6-13-31-52)40-25-41-58(76)53-32-14-7-15-33-53)78-62-37-19-23-45-70(62)87-72-49-64-63(73-59-34-16-20-42-65(59)83(73)66-43-21-17-35-60(66)74(64)83)48-71(72)86-69-44-22-18-36-61(69)77(80(86)88(79)81(78)87)84(67)75-55(50-26-8-4-9-27-50)38-24-39-56(75)51-28-10-5-11-29-51/h4-6,8-14,16-49,73-74H,7,15H2,1-3H3. The normalized spacial score (nSPS) is 17.9. The fourth-order valence-electron chi connectivity index (χ4n) is 18.3. The van der Waals surface area contributed by atoms with Crippen LogP contribution in [0.4, 0.5) is 0 Å². The van der Waals surface area contributed by atoms with Crippen molar-refractivity contribution in [3.05, 3.63) is 311 Å². The molecule has 5 heteroatoms. The predicted octanol–water partition coefficient (Wildman–Crippen LogP) is 15.6. The van der Waals surface area contributed by atoms with Gasteiger partial charge in [-0.1, -0.05) is 274 Å². The van der Waals surface area contributed by atoms with E-state index >= 15 is 0 Å². The second-order valence-electron chi connectivity index (χ2n) is 26.8. The van der Waals surface area contributed by atoms with Gasteiger partial charge in [-0.05, 0) is 159 Å². The summed E-state index contributed by atoms with van der Waals surface area (Å²) in [4.78, 5) is 0. The largest absolute Gasteiger partial charge is 0.294 e. The van der Waals surface area contributed by atoms with Crippen molar-refractivity contribution in [2.75, 3.05) is 0 Å². The third-order valence-corrected chi connectivity index (χ3v) is 21.6. The molecule has 4 aliphatic carbocycles. The van der Waals surface area contributed by atoms with E-state index in [0.717, 1.165) is 12.8 Å². The fraction of sp³-hybridized carbons (Fsp3) is 0.108. The van der Waals surface area contributed by atoms with E-state index in [0.29, 0.717) is 0 Å². The minimum atomic E-state index is -0.216. The topological polar surface area (TPSA) is 13.8 Å². The number of rotatable bonds is 6. The molecule has 0 radical (unpaired) electrons. The lowest BCUT2D eigenvalue weighted by molar-refractivity contribution is 0.333. The summed E-state index contributed by atoms with van der Waals surface area (Å²) in [6.45, 7) is 6.88. The molecule has 412 valence electrons. The average molecular weight is 1120 g/mol. The summed E-state index contributed by atoms with van der Waals surface area (Å²) in [6, 6.07) is 96.5. The molecule has 6 aliphatic rings. The molecule has 3 unspecified atom stereocenters.